The minimum Gasteiger partial charge on any atom is -0.497 e. The minimum atomic E-state index is -0.668. The van der Waals surface area contributed by atoms with Gasteiger partial charge in [-0.3, -0.25) is 4.79 Å². The zero-order valence-electron chi connectivity index (χ0n) is 17.6. The fourth-order valence-corrected chi connectivity index (χ4v) is 4.00. The third-order valence-corrected chi connectivity index (χ3v) is 5.55. The smallest absolute Gasteiger partial charge is 0.328 e. The van der Waals surface area contributed by atoms with Gasteiger partial charge in [0.15, 0.2) is 0 Å². The predicted molar refractivity (Wildman–Crippen MR) is 115 cm³/mol. The van der Waals surface area contributed by atoms with Crippen molar-refractivity contribution in [2.24, 2.45) is 5.92 Å². The highest BCUT2D eigenvalue weighted by molar-refractivity contribution is 7.19. The summed E-state index contributed by atoms with van der Waals surface area (Å²) in [6, 6.07) is 6.16. The molecule has 0 aliphatic rings. The first kappa shape index (κ1) is 23.0. The summed E-state index contributed by atoms with van der Waals surface area (Å²) < 4.78 is 15.3. The normalized spacial score (nSPS) is 11.5. The molecular formula is C21H25N3O5S. The molecule has 0 aliphatic heterocycles. The van der Waals surface area contributed by atoms with Crippen molar-refractivity contribution in [3.8, 4) is 17.6 Å². The Morgan fingerprint density at radius 2 is 1.93 bits per heavy atom. The Morgan fingerprint density at radius 3 is 2.47 bits per heavy atom. The van der Waals surface area contributed by atoms with E-state index in [2.05, 4.69) is 5.32 Å². The molecule has 0 radical (unpaired) electrons. The molecule has 2 aromatic rings. The summed E-state index contributed by atoms with van der Waals surface area (Å²) >= 11 is 1.02. The van der Waals surface area contributed by atoms with E-state index >= 15 is 0 Å². The molecule has 8 nitrogen and oxygen atoms in total. The molecule has 2 rings (SSSR count). The van der Waals surface area contributed by atoms with Gasteiger partial charge in [0.25, 0.3) is 0 Å². The first-order valence-electron chi connectivity index (χ1n) is 9.20. The number of esters is 1. The van der Waals surface area contributed by atoms with Crippen LogP contribution in [0.2, 0.25) is 0 Å². The number of nitrogens with one attached hydrogen (secondary N) is 1. The SMILES string of the molecule is COC(=O)C(CC(C)C)Nc1sc(C(=O)c2ccc(OC)cc2OC)c(N)c1C#N. The first-order chi connectivity index (χ1) is 14.3. The zero-order valence-corrected chi connectivity index (χ0v) is 18.4. The standard InChI is InChI=1S/C21H25N3O5S/c1-11(2)8-15(21(26)29-5)24-20-14(10-22)17(23)19(30-20)18(25)13-7-6-12(27-3)9-16(13)28-4/h6-7,9,11,15,24H,8,23H2,1-5H3. The fraction of sp³-hybridized carbons (Fsp3) is 0.381. The van der Waals surface area contributed by atoms with Crippen LogP contribution in [-0.4, -0.2) is 39.1 Å². The van der Waals surface area contributed by atoms with E-state index in [9.17, 15) is 14.9 Å². The topological polar surface area (TPSA) is 124 Å². The maximum Gasteiger partial charge on any atom is 0.328 e. The van der Waals surface area contributed by atoms with Crippen LogP contribution in [0, 0.1) is 17.2 Å². The van der Waals surface area contributed by atoms with E-state index in [-0.39, 0.29) is 33.4 Å². The van der Waals surface area contributed by atoms with Gasteiger partial charge < -0.3 is 25.3 Å². The lowest BCUT2D eigenvalue weighted by atomic mass is 10.0. The lowest BCUT2D eigenvalue weighted by molar-refractivity contribution is -0.141. The largest absolute Gasteiger partial charge is 0.497 e. The van der Waals surface area contributed by atoms with Crippen molar-refractivity contribution in [2.75, 3.05) is 32.4 Å². The number of hydrogen-bond donors (Lipinski definition) is 2. The average Bonchev–Trinajstić information content (AvgIpc) is 3.06. The second kappa shape index (κ2) is 9.98. The van der Waals surface area contributed by atoms with E-state index in [4.69, 9.17) is 19.9 Å². The number of carbonyl (C=O) groups excluding carboxylic acids is 2. The number of thiophene rings is 1. The van der Waals surface area contributed by atoms with Gasteiger partial charge in [-0.15, -0.1) is 11.3 Å². The van der Waals surface area contributed by atoms with Gasteiger partial charge in [0, 0.05) is 6.07 Å². The van der Waals surface area contributed by atoms with Gasteiger partial charge >= 0.3 is 5.97 Å². The molecule has 1 aromatic carbocycles. The maximum absolute atomic E-state index is 13.2. The van der Waals surface area contributed by atoms with Gasteiger partial charge in [-0.05, 0) is 24.5 Å². The lowest BCUT2D eigenvalue weighted by Gasteiger charge is -2.18. The highest BCUT2D eigenvalue weighted by atomic mass is 32.1. The van der Waals surface area contributed by atoms with Crippen molar-refractivity contribution in [1.29, 1.82) is 5.26 Å². The number of nitrogen functional groups attached to an aromatic ring is 1. The van der Waals surface area contributed by atoms with E-state index < -0.39 is 12.0 Å². The molecule has 0 saturated heterocycles. The Bertz CT molecular complexity index is 978. The lowest BCUT2D eigenvalue weighted by Crippen LogP contribution is -2.32. The highest BCUT2D eigenvalue weighted by Crippen LogP contribution is 2.39. The van der Waals surface area contributed by atoms with Gasteiger partial charge in [0.2, 0.25) is 5.78 Å². The van der Waals surface area contributed by atoms with E-state index in [0.29, 0.717) is 22.9 Å². The minimum absolute atomic E-state index is 0.0565. The molecule has 0 bridgehead atoms. The summed E-state index contributed by atoms with van der Waals surface area (Å²) in [5.74, 6) is 0.225. The third kappa shape index (κ3) is 4.83. The molecule has 1 heterocycles. The number of nitrogens with two attached hydrogens (primary N) is 1. The predicted octanol–water partition coefficient (Wildman–Crippen LogP) is 3.45. The van der Waals surface area contributed by atoms with Crippen LogP contribution >= 0.6 is 11.3 Å². The van der Waals surface area contributed by atoms with E-state index in [1.165, 1.54) is 21.3 Å². The average molecular weight is 432 g/mol. The van der Waals surface area contributed by atoms with Gasteiger partial charge in [-0.2, -0.15) is 5.26 Å². The molecular weight excluding hydrogens is 406 g/mol. The van der Waals surface area contributed by atoms with E-state index in [0.717, 1.165) is 11.3 Å². The monoisotopic (exact) mass is 431 g/mol. The fourth-order valence-electron chi connectivity index (χ4n) is 2.92. The second-order valence-corrected chi connectivity index (χ2v) is 7.93. The number of ether oxygens (including phenoxy) is 3. The van der Waals surface area contributed by atoms with Gasteiger partial charge in [-0.1, -0.05) is 13.8 Å². The number of rotatable bonds is 9. The summed E-state index contributed by atoms with van der Waals surface area (Å²) in [5.41, 5.74) is 6.59. The molecule has 9 heteroatoms. The number of carbonyl (C=O) groups is 2. The quantitative estimate of drug-likeness (QED) is 0.457. The van der Waals surface area contributed by atoms with Crippen LogP contribution in [0.5, 0.6) is 11.5 Å². The summed E-state index contributed by atoms with van der Waals surface area (Å²) in [4.78, 5) is 25.5. The van der Waals surface area contributed by atoms with Crippen molar-refractivity contribution < 1.29 is 23.8 Å². The second-order valence-electron chi connectivity index (χ2n) is 6.91. The molecule has 3 N–H and O–H groups in total. The number of nitriles is 1. The molecule has 0 fully saturated rings. The molecule has 30 heavy (non-hydrogen) atoms. The summed E-state index contributed by atoms with van der Waals surface area (Å²) in [5, 5.41) is 13.0. The van der Waals surface area contributed by atoms with Crippen LogP contribution in [0.4, 0.5) is 10.7 Å². The van der Waals surface area contributed by atoms with Gasteiger partial charge in [-0.25, -0.2) is 4.79 Å². The van der Waals surface area contributed by atoms with Gasteiger partial charge in [0.1, 0.15) is 39.1 Å². The van der Waals surface area contributed by atoms with Crippen molar-refractivity contribution >= 4 is 33.8 Å². The van der Waals surface area contributed by atoms with Crippen LogP contribution < -0.4 is 20.5 Å². The molecule has 1 aromatic heterocycles. The Balaban J connectivity index is 2.47. The number of nitrogens with zero attached hydrogens (tertiary/aromatic N) is 1. The zero-order chi connectivity index (χ0) is 22.4. The van der Waals surface area contributed by atoms with Crippen molar-refractivity contribution in [1.82, 2.24) is 0 Å². The van der Waals surface area contributed by atoms with Crippen molar-refractivity contribution in [3.63, 3.8) is 0 Å². The van der Waals surface area contributed by atoms with Crippen molar-refractivity contribution in [2.45, 2.75) is 26.3 Å². The van der Waals surface area contributed by atoms with Crippen LogP contribution in [0.15, 0.2) is 18.2 Å². The Labute approximate surface area is 179 Å². The van der Waals surface area contributed by atoms with Crippen molar-refractivity contribution in [3.05, 3.63) is 34.2 Å². The first-order valence-corrected chi connectivity index (χ1v) is 10.0. The Kier molecular flexibility index (Phi) is 7.66. The van der Waals surface area contributed by atoms with Crippen LogP contribution in [0.25, 0.3) is 0 Å². The molecule has 1 atom stereocenters. The summed E-state index contributed by atoms with van der Waals surface area (Å²) in [6.07, 6.45) is 0.491. The number of methoxy groups -OCH3 is 3. The Morgan fingerprint density at radius 1 is 1.23 bits per heavy atom. The molecule has 0 saturated carbocycles. The van der Waals surface area contributed by atoms with Crippen LogP contribution in [0.1, 0.15) is 41.1 Å². The Hall–Kier alpha value is -3.25. The van der Waals surface area contributed by atoms with E-state index in [1.54, 1.807) is 18.2 Å². The molecule has 0 amide bonds. The third-order valence-electron chi connectivity index (χ3n) is 4.41. The molecule has 0 spiro atoms. The summed E-state index contributed by atoms with van der Waals surface area (Å²) in [6.45, 7) is 3.94. The van der Waals surface area contributed by atoms with Crippen LogP contribution in [0.3, 0.4) is 0 Å². The number of hydrogen-bond acceptors (Lipinski definition) is 9. The number of anilines is 2. The summed E-state index contributed by atoms with van der Waals surface area (Å²) in [7, 11) is 4.26. The maximum atomic E-state index is 13.2. The van der Waals surface area contributed by atoms with Gasteiger partial charge in [0.05, 0.1) is 32.6 Å². The van der Waals surface area contributed by atoms with E-state index in [1.807, 2.05) is 19.9 Å². The number of benzene rings is 1. The highest BCUT2D eigenvalue weighted by Gasteiger charge is 2.28. The van der Waals surface area contributed by atoms with Crippen LogP contribution in [-0.2, 0) is 9.53 Å². The molecule has 1 unspecified atom stereocenters. The molecule has 160 valence electrons. The number of ketones is 1. The molecule has 0 aliphatic carbocycles.